The molecule has 3 heteroatoms. The van der Waals surface area contributed by atoms with Crippen LogP contribution in [0.5, 0.6) is 0 Å². The largest absolute Gasteiger partial charge is 0.126 e. The smallest absolute Gasteiger partial charge is 0.0441 e. The Hall–Kier alpha value is -0.500. The number of rotatable bonds is 4. The van der Waals surface area contributed by atoms with E-state index in [0.717, 1.165) is 21.5 Å². The molecule has 0 fully saturated rings. The fourth-order valence-electron chi connectivity index (χ4n) is 2.00. The Morgan fingerprint density at radius 2 is 1.83 bits per heavy atom. The maximum absolute atomic E-state index is 6.23. The van der Waals surface area contributed by atoms with Gasteiger partial charge in [0.2, 0.25) is 0 Å². The van der Waals surface area contributed by atoms with Crippen LogP contribution in [0, 0.1) is 0 Å². The third kappa shape index (κ3) is 3.50. The molecule has 94 valence electrons. The zero-order valence-corrected chi connectivity index (χ0v) is 12.8. The van der Waals surface area contributed by atoms with E-state index in [1.165, 1.54) is 5.56 Å². The Morgan fingerprint density at radius 3 is 2.50 bits per heavy atom. The Balaban J connectivity index is 2.23. The van der Waals surface area contributed by atoms with Gasteiger partial charge in [0, 0.05) is 21.3 Å². The second-order valence-electron chi connectivity index (χ2n) is 4.21. The minimum atomic E-state index is 0.245. The van der Waals surface area contributed by atoms with E-state index in [-0.39, 0.29) is 5.92 Å². The lowest BCUT2D eigenvalue weighted by Gasteiger charge is -2.16. The topological polar surface area (TPSA) is 0 Å². The van der Waals surface area contributed by atoms with Gasteiger partial charge in [0.05, 0.1) is 0 Å². The van der Waals surface area contributed by atoms with Gasteiger partial charge in [-0.1, -0.05) is 57.9 Å². The molecule has 2 rings (SSSR count). The first-order valence-corrected chi connectivity index (χ1v) is 7.46. The third-order valence-electron chi connectivity index (χ3n) is 2.90. The lowest BCUT2D eigenvalue weighted by Crippen LogP contribution is -2.05. The van der Waals surface area contributed by atoms with Gasteiger partial charge in [-0.25, -0.2) is 0 Å². The minimum absolute atomic E-state index is 0.245. The molecule has 2 aromatic carbocycles. The third-order valence-corrected chi connectivity index (χ3v) is 4.11. The summed E-state index contributed by atoms with van der Waals surface area (Å²) in [5.41, 5.74) is 2.38. The van der Waals surface area contributed by atoms with Gasteiger partial charge >= 0.3 is 0 Å². The number of benzene rings is 2. The molecule has 0 amide bonds. The van der Waals surface area contributed by atoms with Crippen LogP contribution in [0.4, 0.5) is 0 Å². The molecule has 18 heavy (non-hydrogen) atoms. The highest BCUT2D eigenvalue weighted by Crippen LogP contribution is 2.29. The van der Waals surface area contributed by atoms with Crippen LogP contribution in [0.1, 0.15) is 17.0 Å². The van der Waals surface area contributed by atoms with Crippen molar-refractivity contribution in [3.05, 3.63) is 69.2 Å². The normalized spacial score (nSPS) is 12.4. The van der Waals surface area contributed by atoms with Crippen molar-refractivity contribution in [1.29, 1.82) is 0 Å². The molecule has 0 saturated carbocycles. The van der Waals surface area contributed by atoms with Gasteiger partial charge in [0.25, 0.3) is 0 Å². The summed E-state index contributed by atoms with van der Waals surface area (Å²) in [5, 5.41) is 0.790. The van der Waals surface area contributed by atoms with Crippen LogP contribution < -0.4 is 0 Å². The molecular formula is C15H13BrCl2. The van der Waals surface area contributed by atoms with Gasteiger partial charge in [0.15, 0.2) is 0 Å². The summed E-state index contributed by atoms with van der Waals surface area (Å²) >= 11 is 15.8. The van der Waals surface area contributed by atoms with Gasteiger partial charge in [-0.3, -0.25) is 0 Å². The molecule has 0 saturated heterocycles. The SMILES string of the molecule is ClCC(Cc1cccc(Br)c1)c1ccccc1Cl. The van der Waals surface area contributed by atoms with E-state index in [2.05, 4.69) is 28.1 Å². The van der Waals surface area contributed by atoms with Crippen molar-refractivity contribution in [1.82, 2.24) is 0 Å². The minimum Gasteiger partial charge on any atom is -0.126 e. The second-order valence-corrected chi connectivity index (χ2v) is 5.84. The maximum atomic E-state index is 6.23. The molecule has 0 aliphatic heterocycles. The fourth-order valence-corrected chi connectivity index (χ4v) is 3.01. The van der Waals surface area contributed by atoms with Gasteiger partial charge in [-0.2, -0.15) is 0 Å². The number of hydrogen-bond donors (Lipinski definition) is 0. The summed E-state index contributed by atoms with van der Waals surface area (Å²) in [6.07, 6.45) is 0.896. The van der Waals surface area contributed by atoms with E-state index >= 15 is 0 Å². The molecule has 0 radical (unpaired) electrons. The highest BCUT2D eigenvalue weighted by Gasteiger charge is 2.14. The summed E-state index contributed by atoms with van der Waals surface area (Å²) < 4.78 is 1.09. The molecule has 1 unspecified atom stereocenters. The molecule has 0 aromatic heterocycles. The quantitative estimate of drug-likeness (QED) is 0.627. The van der Waals surface area contributed by atoms with Crippen molar-refractivity contribution < 1.29 is 0 Å². The van der Waals surface area contributed by atoms with Crippen molar-refractivity contribution in [2.24, 2.45) is 0 Å². The number of hydrogen-bond acceptors (Lipinski definition) is 0. The summed E-state index contributed by atoms with van der Waals surface area (Å²) in [7, 11) is 0. The summed E-state index contributed by atoms with van der Waals surface area (Å²) in [4.78, 5) is 0. The zero-order valence-electron chi connectivity index (χ0n) is 9.74. The molecule has 0 aliphatic carbocycles. The highest BCUT2D eigenvalue weighted by molar-refractivity contribution is 9.10. The van der Waals surface area contributed by atoms with Gasteiger partial charge in [0.1, 0.15) is 0 Å². The Bertz CT molecular complexity index is 525. The molecular weight excluding hydrogens is 331 g/mol. The average Bonchev–Trinajstić information content (AvgIpc) is 2.37. The van der Waals surface area contributed by atoms with Crippen LogP contribution in [0.3, 0.4) is 0 Å². The van der Waals surface area contributed by atoms with E-state index in [1.807, 2.05) is 36.4 Å². The number of alkyl halides is 1. The predicted molar refractivity (Wildman–Crippen MR) is 82.8 cm³/mol. The van der Waals surface area contributed by atoms with E-state index in [1.54, 1.807) is 0 Å². The Labute approximate surface area is 126 Å². The van der Waals surface area contributed by atoms with Crippen LogP contribution in [0.15, 0.2) is 53.0 Å². The fraction of sp³-hybridized carbons (Fsp3) is 0.200. The van der Waals surface area contributed by atoms with Crippen molar-refractivity contribution in [2.45, 2.75) is 12.3 Å². The van der Waals surface area contributed by atoms with E-state index in [0.29, 0.717) is 5.88 Å². The average molecular weight is 344 g/mol. The van der Waals surface area contributed by atoms with Crippen molar-refractivity contribution in [3.8, 4) is 0 Å². The van der Waals surface area contributed by atoms with Gasteiger partial charge in [-0.05, 0) is 35.7 Å². The van der Waals surface area contributed by atoms with Crippen LogP contribution in [-0.4, -0.2) is 5.88 Å². The lowest BCUT2D eigenvalue weighted by molar-refractivity contribution is 0.766. The first kappa shape index (κ1) is 13.9. The molecule has 0 aliphatic rings. The molecule has 1 atom stereocenters. The maximum Gasteiger partial charge on any atom is 0.0441 e. The molecule has 0 heterocycles. The zero-order chi connectivity index (χ0) is 13.0. The van der Waals surface area contributed by atoms with Crippen LogP contribution >= 0.6 is 39.1 Å². The van der Waals surface area contributed by atoms with Crippen LogP contribution in [-0.2, 0) is 6.42 Å². The number of halogens is 3. The van der Waals surface area contributed by atoms with Crippen molar-refractivity contribution >= 4 is 39.1 Å². The second kappa shape index (κ2) is 6.60. The molecule has 0 bridgehead atoms. The van der Waals surface area contributed by atoms with E-state index in [9.17, 15) is 0 Å². The summed E-state index contributed by atoms with van der Waals surface area (Å²) in [6.45, 7) is 0. The van der Waals surface area contributed by atoms with Gasteiger partial charge < -0.3 is 0 Å². The molecule has 2 aromatic rings. The molecule has 0 N–H and O–H groups in total. The standard InChI is InChI=1S/C15H13BrCl2/c16-13-5-3-4-11(9-13)8-12(10-17)14-6-1-2-7-15(14)18/h1-7,9,12H,8,10H2. The molecule has 0 spiro atoms. The first-order valence-electron chi connectivity index (χ1n) is 5.75. The van der Waals surface area contributed by atoms with Crippen LogP contribution in [0.2, 0.25) is 5.02 Å². The Morgan fingerprint density at radius 1 is 1.06 bits per heavy atom. The summed E-state index contributed by atoms with van der Waals surface area (Å²) in [6, 6.07) is 16.2. The predicted octanol–water partition coefficient (Wildman–Crippen LogP) is 5.67. The monoisotopic (exact) mass is 342 g/mol. The van der Waals surface area contributed by atoms with E-state index in [4.69, 9.17) is 23.2 Å². The van der Waals surface area contributed by atoms with Crippen molar-refractivity contribution in [3.63, 3.8) is 0 Å². The summed E-state index contributed by atoms with van der Waals surface area (Å²) in [5.74, 6) is 0.811. The lowest BCUT2D eigenvalue weighted by atomic mass is 9.93. The van der Waals surface area contributed by atoms with Crippen molar-refractivity contribution in [2.75, 3.05) is 5.88 Å². The Kier molecular flexibility index (Phi) is 5.11. The van der Waals surface area contributed by atoms with E-state index < -0.39 is 0 Å². The van der Waals surface area contributed by atoms with Crippen LogP contribution in [0.25, 0.3) is 0 Å². The first-order chi connectivity index (χ1) is 8.70. The highest BCUT2D eigenvalue weighted by atomic mass is 79.9. The molecule has 0 nitrogen and oxygen atoms in total. The van der Waals surface area contributed by atoms with Gasteiger partial charge in [-0.15, -0.1) is 11.6 Å².